The van der Waals surface area contributed by atoms with Crippen molar-refractivity contribution < 1.29 is 0 Å². The van der Waals surface area contributed by atoms with Crippen LogP contribution in [0.3, 0.4) is 0 Å². The first-order valence-electron chi connectivity index (χ1n) is 3.70. The fraction of sp³-hybridized carbons (Fsp3) is 1.00. The summed E-state index contributed by atoms with van der Waals surface area (Å²) in [6.45, 7) is 1.31. The molecule has 0 unspecified atom stereocenters. The Morgan fingerprint density at radius 1 is 1.12 bits per heavy atom. The van der Waals surface area contributed by atoms with Crippen LogP contribution in [-0.4, -0.2) is 12.6 Å². The molecule has 2 rings (SSSR count). The van der Waals surface area contributed by atoms with Crippen molar-refractivity contribution in [3.05, 3.63) is 0 Å². The molecule has 1 saturated carbocycles. The highest BCUT2D eigenvalue weighted by Gasteiger charge is 2.31. The molecule has 46 valence electrons. The molecule has 0 aromatic heterocycles. The summed E-state index contributed by atoms with van der Waals surface area (Å²) in [5, 5.41) is 3.45. The van der Waals surface area contributed by atoms with E-state index >= 15 is 0 Å². The molecule has 0 aromatic carbocycles. The van der Waals surface area contributed by atoms with Gasteiger partial charge >= 0.3 is 0 Å². The van der Waals surface area contributed by atoms with Crippen molar-refractivity contribution in [2.75, 3.05) is 6.54 Å². The van der Waals surface area contributed by atoms with Crippen LogP contribution in [0.4, 0.5) is 0 Å². The summed E-state index contributed by atoms with van der Waals surface area (Å²) < 4.78 is 0. The quantitative estimate of drug-likeness (QED) is 0.494. The van der Waals surface area contributed by atoms with Crippen molar-refractivity contribution in [1.29, 1.82) is 0 Å². The highest BCUT2D eigenvalue weighted by molar-refractivity contribution is 4.90. The third-order valence-electron chi connectivity index (χ3n) is 2.55. The SMILES string of the molecule is C1CC[C@@H]2NC[C@@H]2C1. The molecule has 1 saturated heterocycles. The molecule has 0 amide bonds. The zero-order chi connectivity index (χ0) is 5.40. The molecular formula is C7H13N. The van der Waals surface area contributed by atoms with Gasteiger partial charge in [0.15, 0.2) is 0 Å². The fourth-order valence-corrected chi connectivity index (χ4v) is 1.86. The number of rotatable bonds is 0. The summed E-state index contributed by atoms with van der Waals surface area (Å²) in [5.41, 5.74) is 0. The Hall–Kier alpha value is -0.0400. The lowest BCUT2D eigenvalue weighted by Gasteiger charge is -2.41. The van der Waals surface area contributed by atoms with Gasteiger partial charge in [-0.05, 0) is 25.3 Å². The Balaban J connectivity index is 1.92. The first kappa shape index (κ1) is 4.80. The molecule has 0 radical (unpaired) electrons. The molecule has 2 fully saturated rings. The minimum atomic E-state index is 0.934. The molecule has 1 heterocycles. The van der Waals surface area contributed by atoms with Gasteiger partial charge in [0.25, 0.3) is 0 Å². The zero-order valence-corrected chi connectivity index (χ0v) is 5.19. The van der Waals surface area contributed by atoms with Gasteiger partial charge < -0.3 is 5.32 Å². The predicted octanol–water partition coefficient (Wildman–Crippen LogP) is 1.15. The van der Waals surface area contributed by atoms with E-state index in [1.807, 2.05) is 0 Å². The van der Waals surface area contributed by atoms with Crippen LogP contribution >= 0.6 is 0 Å². The van der Waals surface area contributed by atoms with Gasteiger partial charge in [-0.15, -0.1) is 0 Å². The molecule has 1 aliphatic heterocycles. The van der Waals surface area contributed by atoms with Crippen LogP contribution in [0.2, 0.25) is 0 Å². The van der Waals surface area contributed by atoms with E-state index in [1.54, 1.807) is 0 Å². The molecule has 0 spiro atoms. The number of hydrogen-bond donors (Lipinski definition) is 1. The molecule has 2 atom stereocenters. The van der Waals surface area contributed by atoms with Crippen LogP contribution in [0.5, 0.6) is 0 Å². The van der Waals surface area contributed by atoms with Gasteiger partial charge in [-0.25, -0.2) is 0 Å². The highest BCUT2D eigenvalue weighted by atomic mass is 15.0. The van der Waals surface area contributed by atoms with Crippen molar-refractivity contribution in [2.45, 2.75) is 31.7 Å². The summed E-state index contributed by atoms with van der Waals surface area (Å²) in [6.07, 6.45) is 5.90. The van der Waals surface area contributed by atoms with Crippen LogP contribution in [0.25, 0.3) is 0 Å². The van der Waals surface area contributed by atoms with Gasteiger partial charge in [0.2, 0.25) is 0 Å². The monoisotopic (exact) mass is 111 g/mol. The minimum absolute atomic E-state index is 0.934. The van der Waals surface area contributed by atoms with E-state index in [-0.39, 0.29) is 0 Å². The van der Waals surface area contributed by atoms with E-state index in [2.05, 4.69) is 5.32 Å². The van der Waals surface area contributed by atoms with Crippen LogP contribution < -0.4 is 5.32 Å². The van der Waals surface area contributed by atoms with E-state index in [4.69, 9.17) is 0 Å². The Morgan fingerprint density at radius 2 is 2.00 bits per heavy atom. The third-order valence-corrected chi connectivity index (χ3v) is 2.55. The minimum Gasteiger partial charge on any atom is -0.313 e. The molecule has 0 aromatic rings. The summed E-state index contributed by atoms with van der Waals surface area (Å²) in [5.74, 6) is 1.07. The van der Waals surface area contributed by atoms with Crippen LogP contribution in [0.1, 0.15) is 25.7 Å². The maximum Gasteiger partial charge on any atom is 0.0108 e. The summed E-state index contributed by atoms with van der Waals surface area (Å²) >= 11 is 0. The highest BCUT2D eigenvalue weighted by Crippen LogP contribution is 2.29. The molecule has 1 nitrogen and oxygen atoms in total. The van der Waals surface area contributed by atoms with E-state index in [9.17, 15) is 0 Å². The average Bonchev–Trinajstić information content (AvgIpc) is 1.72. The number of hydrogen-bond acceptors (Lipinski definition) is 1. The number of nitrogens with one attached hydrogen (secondary N) is 1. The van der Waals surface area contributed by atoms with Crippen LogP contribution in [0.15, 0.2) is 0 Å². The second kappa shape index (κ2) is 1.73. The van der Waals surface area contributed by atoms with Gasteiger partial charge in [0.05, 0.1) is 0 Å². The van der Waals surface area contributed by atoms with Crippen molar-refractivity contribution in [3.8, 4) is 0 Å². The van der Waals surface area contributed by atoms with E-state index in [0.29, 0.717) is 0 Å². The second-order valence-electron chi connectivity index (χ2n) is 3.06. The molecule has 2 aliphatic rings. The predicted molar refractivity (Wildman–Crippen MR) is 33.7 cm³/mol. The van der Waals surface area contributed by atoms with Gasteiger partial charge in [0, 0.05) is 6.04 Å². The van der Waals surface area contributed by atoms with Crippen molar-refractivity contribution in [3.63, 3.8) is 0 Å². The molecular weight excluding hydrogens is 98.1 g/mol. The van der Waals surface area contributed by atoms with Crippen molar-refractivity contribution in [1.82, 2.24) is 5.32 Å². The molecule has 1 aliphatic carbocycles. The van der Waals surface area contributed by atoms with Gasteiger partial charge in [-0.3, -0.25) is 0 Å². The second-order valence-corrected chi connectivity index (χ2v) is 3.06. The molecule has 8 heavy (non-hydrogen) atoms. The normalized spacial score (nSPS) is 45.0. The zero-order valence-electron chi connectivity index (χ0n) is 5.19. The lowest BCUT2D eigenvalue weighted by atomic mass is 9.79. The average molecular weight is 111 g/mol. The molecule has 1 heteroatoms. The largest absolute Gasteiger partial charge is 0.313 e. The first-order chi connectivity index (χ1) is 3.97. The molecule has 0 bridgehead atoms. The summed E-state index contributed by atoms with van der Waals surface area (Å²) in [6, 6.07) is 0.934. The Kier molecular flexibility index (Phi) is 1.04. The van der Waals surface area contributed by atoms with E-state index in [0.717, 1.165) is 12.0 Å². The first-order valence-corrected chi connectivity index (χ1v) is 3.70. The Bertz CT molecular complexity index is 78.4. The van der Waals surface area contributed by atoms with Gasteiger partial charge in [0.1, 0.15) is 0 Å². The summed E-state index contributed by atoms with van der Waals surface area (Å²) in [7, 11) is 0. The van der Waals surface area contributed by atoms with Crippen LogP contribution in [-0.2, 0) is 0 Å². The fourth-order valence-electron chi connectivity index (χ4n) is 1.86. The Labute approximate surface area is 50.5 Å². The van der Waals surface area contributed by atoms with Crippen molar-refractivity contribution >= 4 is 0 Å². The van der Waals surface area contributed by atoms with Gasteiger partial charge in [-0.2, -0.15) is 0 Å². The van der Waals surface area contributed by atoms with E-state index in [1.165, 1.54) is 32.2 Å². The Morgan fingerprint density at radius 3 is 2.38 bits per heavy atom. The lowest BCUT2D eigenvalue weighted by Crippen LogP contribution is -2.54. The standard InChI is InChI=1S/C7H13N/c1-2-4-7-6(3-1)5-8-7/h6-8H,1-5H2/t6-,7-/m0/s1. The van der Waals surface area contributed by atoms with E-state index < -0.39 is 0 Å². The van der Waals surface area contributed by atoms with Gasteiger partial charge in [-0.1, -0.05) is 12.8 Å². The maximum absolute atomic E-state index is 3.45. The summed E-state index contributed by atoms with van der Waals surface area (Å²) in [4.78, 5) is 0. The maximum atomic E-state index is 3.45. The van der Waals surface area contributed by atoms with Crippen molar-refractivity contribution in [2.24, 2.45) is 5.92 Å². The topological polar surface area (TPSA) is 12.0 Å². The van der Waals surface area contributed by atoms with Crippen LogP contribution in [0, 0.1) is 5.92 Å². The molecule has 1 N–H and O–H groups in total. The lowest BCUT2D eigenvalue weighted by molar-refractivity contribution is 0.166. The number of fused-ring (bicyclic) bond motifs is 1. The third kappa shape index (κ3) is 0.576. The smallest absolute Gasteiger partial charge is 0.0108 e.